The van der Waals surface area contributed by atoms with Gasteiger partial charge in [-0.05, 0) is 35.0 Å². The van der Waals surface area contributed by atoms with Crippen LogP contribution in [0.15, 0.2) is 29.6 Å². The van der Waals surface area contributed by atoms with E-state index < -0.39 is 0 Å². The van der Waals surface area contributed by atoms with Crippen molar-refractivity contribution in [3.63, 3.8) is 0 Å². The number of carbonyl (C=O) groups is 1. The minimum Gasteiger partial charge on any atom is -0.378 e. The molecule has 4 nitrogen and oxygen atoms in total. The lowest BCUT2D eigenvalue weighted by molar-refractivity contribution is -0.133. The van der Waals surface area contributed by atoms with Gasteiger partial charge in [-0.1, -0.05) is 0 Å². The maximum Gasteiger partial charge on any atom is 0.242 e. The number of anilines is 1. The summed E-state index contributed by atoms with van der Waals surface area (Å²) >= 11 is 1.73. The van der Waals surface area contributed by atoms with Gasteiger partial charge in [0.25, 0.3) is 0 Å². The zero-order chi connectivity index (χ0) is 13.1. The van der Waals surface area contributed by atoms with Crippen LogP contribution in [0.2, 0.25) is 0 Å². The number of thiophene rings is 1. The van der Waals surface area contributed by atoms with Crippen molar-refractivity contribution in [2.24, 2.45) is 0 Å². The van der Waals surface area contributed by atoms with Crippen LogP contribution in [0.3, 0.4) is 0 Å². The first-order chi connectivity index (χ1) is 9.33. The molecule has 1 aliphatic rings. The van der Waals surface area contributed by atoms with E-state index >= 15 is 0 Å². The number of amides is 1. The Bertz CT molecular complexity index is 576. The summed E-state index contributed by atoms with van der Waals surface area (Å²) < 4.78 is 6.51. The van der Waals surface area contributed by atoms with Crippen molar-refractivity contribution < 1.29 is 9.53 Å². The minimum atomic E-state index is 0.133. The molecule has 3 rings (SSSR count). The molecule has 0 radical (unpaired) electrons. The molecule has 1 fully saturated rings. The van der Waals surface area contributed by atoms with Gasteiger partial charge in [0.05, 0.1) is 19.8 Å². The lowest BCUT2D eigenvalue weighted by Crippen LogP contribution is -2.43. The molecule has 1 aromatic heterocycles. The third-order valence-corrected chi connectivity index (χ3v) is 4.16. The number of morpholine rings is 1. The van der Waals surface area contributed by atoms with E-state index in [1.165, 1.54) is 10.1 Å². The zero-order valence-electron chi connectivity index (χ0n) is 10.6. The molecule has 1 aromatic carbocycles. The van der Waals surface area contributed by atoms with Crippen LogP contribution in [0.5, 0.6) is 0 Å². The molecule has 1 saturated heterocycles. The smallest absolute Gasteiger partial charge is 0.242 e. The highest BCUT2D eigenvalue weighted by Crippen LogP contribution is 2.23. The highest BCUT2D eigenvalue weighted by Gasteiger charge is 2.16. The largest absolute Gasteiger partial charge is 0.378 e. The van der Waals surface area contributed by atoms with Gasteiger partial charge in [0.2, 0.25) is 5.91 Å². The number of nitrogens with zero attached hydrogens (tertiary/aromatic N) is 1. The molecule has 2 aromatic rings. The molecule has 0 unspecified atom stereocenters. The fraction of sp³-hybridized carbons (Fsp3) is 0.357. The highest BCUT2D eigenvalue weighted by atomic mass is 32.1. The Morgan fingerprint density at radius 2 is 2.16 bits per heavy atom. The number of hydrogen-bond donors (Lipinski definition) is 1. The second-order valence-corrected chi connectivity index (χ2v) is 5.47. The van der Waals surface area contributed by atoms with Crippen molar-refractivity contribution in [3.05, 3.63) is 29.6 Å². The Balaban J connectivity index is 1.60. The number of carbonyl (C=O) groups excluding carboxylic acids is 1. The van der Waals surface area contributed by atoms with Gasteiger partial charge in [-0.15, -0.1) is 11.3 Å². The molecule has 1 aliphatic heterocycles. The maximum absolute atomic E-state index is 12.0. The molecule has 100 valence electrons. The Hall–Kier alpha value is -1.59. The molecule has 1 N–H and O–H groups in total. The second-order valence-electron chi connectivity index (χ2n) is 4.52. The van der Waals surface area contributed by atoms with E-state index in [0.717, 1.165) is 5.69 Å². The summed E-state index contributed by atoms with van der Waals surface area (Å²) in [4.78, 5) is 13.8. The molecule has 0 atom stereocenters. The third-order valence-electron chi connectivity index (χ3n) is 3.26. The third kappa shape index (κ3) is 2.88. The molecule has 0 saturated carbocycles. The van der Waals surface area contributed by atoms with Crippen LogP contribution in [-0.2, 0) is 9.53 Å². The second kappa shape index (κ2) is 5.59. The Morgan fingerprint density at radius 3 is 3.00 bits per heavy atom. The van der Waals surface area contributed by atoms with Crippen molar-refractivity contribution in [1.82, 2.24) is 4.90 Å². The van der Waals surface area contributed by atoms with E-state index in [2.05, 4.69) is 28.9 Å². The molecule has 1 amide bonds. The lowest BCUT2D eigenvalue weighted by atomic mass is 10.2. The summed E-state index contributed by atoms with van der Waals surface area (Å²) in [5.41, 5.74) is 0.993. The van der Waals surface area contributed by atoms with Crippen LogP contribution in [-0.4, -0.2) is 43.7 Å². The monoisotopic (exact) mass is 276 g/mol. The standard InChI is InChI=1S/C14H16N2O2S/c17-14(16-4-6-18-7-5-16)10-15-12-1-2-13-11(9-12)3-8-19-13/h1-3,8-9,15H,4-7,10H2. The summed E-state index contributed by atoms with van der Waals surface area (Å²) in [6.45, 7) is 3.03. The summed E-state index contributed by atoms with van der Waals surface area (Å²) in [5, 5.41) is 6.49. The van der Waals surface area contributed by atoms with Gasteiger partial charge in [0.15, 0.2) is 0 Å². The molecular formula is C14H16N2O2S. The molecule has 5 heteroatoms. The zero-order valence-corrected chi connectivity index (χ0v) is 11.4. The number of rotatable bonds is 3. The molecule has 2 heterocycles. The number of benzene rings is 1. The topological polar surface area (TPSA) is 41.6 Å². The van der Waals surface area contributed by atoms with Crippen LogP contribution in [0.25, 0.3) is 10.1 Å². The predicted octanol–water partition coefficient (Wildman–Crippen LogP) is 2.17. The molecule has 19 heavy (non-hydrogen) atoms. The van der Waals surface area contributed by atoms with Crippen LogP contribution >= 0.6 is 11.3 Å². The molecule has 0 bridgehead atoms. The van der Waals surface area contributed by atoms with E-state index in [0.29, 0.717) is 32.8 Å². The first-order valence-electron chi connectivity index (χ1n) is 6.39. The van der Waals surface area contributed by atoms with Gasteiger partial charge in [-0.2, -0.15) is 0 Å². The predicted molar refractivity (Wildman–Crippen MR) is 77.7 cm³/mol. The quantitative estimate of drug-likeness (QED) is 0.934. The summed E-state index contributed by atoms with van der Waals surface area (Å²) in [5.74, 6) is 0.133. The number of ether oxygens (including phenoxy) is 1. The van der Waals surface area contributed by atoms with Crippen molar-refractivity contribution in [1.29, 1.82) is 0 Å². The average molecular weight is 276 g/mol. The van der Waals surface area contributed by atoms with Crippen LogP contribution < -0.4 is 5.32 Å². The van der Waals surface area contributed by atoms with Gasteiger partial charge in [-0.25, -0.2) is 0 Å². The maximum atomic E-state index is 12.0. The molecule has 0 aliphatic carbocycles. The van der Waals surface area contributed by atoms with Gasteiger partial charge in [0, 0.05) is 23.5 Å². The fourth-order valence-electron chi connectivity index (χ4n) is 2.18. The SMILES string of the molecule is O=C(CNc1ccc2sccc2c1)N1CCOCC1. The van der Waals surface area contributed by atoms with E-state index in [1.54, 1.807) is 11.3 Å². The van der Waals surface area contributed by atoms with Crippen molar-refractivity contribution >= 4 is 33.0 Å². The number of hydrogen-bond acceptors (Lipinski definition) is 4. The van der Waals surface area contributed by atoms with Crippen molar-refractivity contribution in [2.45, 2.75) is 0 Å². The first kappa shape index (κ1) is 12.4. The Kier molecular flexibility index (Phi) is 3.66. The summed E-state index contributed by atoms with van der Waals surface area (Å²) in [6.07, 6.45) is 0. The normalized spacial score (nSPS) is 15.7. The highest BCUT2D eigenvalue weighted by molar-refractivity contribution is 7.17. The van der Waals surface area contributed by atoms with Crippen molar-refractivity contribution in [3.8, 4) is 0 Å². The number of fused-ring (bicyclic) bond motifs is 1. The average Bonchev–Trinajstić information content (AvgIpc) is 2.93. The lowest BCUT2D eigenvalue weighted by Gasteiger charge is -2.27. The van der Waals surface area contributed by atoms with Crippen molar-refractivity contribution in [2.75, 3.05) is 38.2 Å². The number of nitrogens with one attached hydrogen (secondary N) is 1. The van der Waals surface area contributed by atoms with Crippen LogP contribution in [0, 0.1) is 0 Å². The van der Waals surface area contributed by atoms with Crippen LogP contribution in [0.1, 0.15) is 0 Å². The van der Waals surface area contributed by atoms with Crippen LogP contribution in [0.4, 0.5) is 5.69 Å². The summed E-state index contributed by atoms with van der Waals surface area (Å²) in [7, 11) is 0. The van der Waals surface area contributed by atoms with Gasteiger partial charge < -0.3 is 15.0 Å². The van der Waals surface area contributed by atoms with Gasteiger partial charge in [0.1, 0.15) is 0 Å². The van der Waals surface area contributed by atoms with E-state index in [1.807, 2.05) is 11.0 Å². The first-order valence-corrected chi connectivity index (χ1v) is 7.27. The van der Waals surface area contributed by atoms with E-state index in [9.17, 15) is 4.79 Å². The Morgan fingerprint density at radius 1 is 1.32 bits per heavy atom. The molecule has 0 spiro atoms. The van der Waals surface area contributed by atoms with Gasteiger partial charge in [-0.3, -0.25) is 4.79 Å². The van der Waals surface area contributed by atoms with E-state index in [-0.39, 0.29) is 5.91 Å². The summed E-state index contributed by atoms with van der Waals surface area (Å²) in [6, 6.07) is 8.28. The Labute approximate surface area is 116 Å². The molecular weight excluding hydrogens is 260 g/mol. The minimum absolute atomic E-state index is 0.133. The van der Waals surface area contributed by atoms with E-state index in [4.69, 9.17) is 4.74 Å². The fourth-order valence-corrected chi connectivity index (χ4v) is 2.95. The van der Waals surface area contributed by atoms with Gasteiger partial charge >= 0.3 is 0 Å².